The normalized spacial score (nSPS) is 14.1. The fraction of sp³-hybridized carbons (Fsp3) is 0.455. The van der Waals surface area contributed by atoms with E-state index in [4.69, 9.17) is 11.6 Å². The van der Waals surface area contributed by atoms with Gasteiger partial charge in [0.1, 0.15) is 5.69 Å². The van der Waals surface area contributed by atoms with Gasteiger partial charge in [-0.2, -0.15) is 11.8 Å². The average Bonchev–Trinajstić information content (AvgIpc) is 2.26. The molecule has 0 aliphatic heterocycles. The van der Waals surface area contributed by atoms with E-state index >= 15 is 0 Å². The van der Waals surface area contributed by atoms with Crippen LogP contribution in [0.5, 0.6) is 0 Å². The molecule has 0 aromatic carbocycles. The maximum Gasteiger partial charge on any atom is 0.270 e. The van der Waals surface area contributed by atoms with Crippen molar-refractivity contribution in [3.05, 3.63) is 29.0 Å². The van der Waals surface area contributed by atoms with E-state index in [0.717, 1.165) is 0 Å². The zero-order valence-corrected chi connectivity index (χ0v) is 11.3. The zero-order chi connectivity index (χ0) is 12.9. The van der Waals surface area contributed by atoms with Crippen LogP contribution in [0.1, 0.15) is 17.4 Å². The second kappa shape index (κ2) is 6.23. The maximum absolute atomic E-state index is 11.7. The zero-order valence-electron chi connectivity index (χ0n) is 9.74. The van der Waals surface area contributed by atoms with Gasteiger partial charge in [-0.1, -0.05) is 11.6 Å². The summed E-state index contributed by atoms with van der Waals surface area (Å²) in [6.07, 6.45) is 3.37. The average molecular weight is 275 g/mol. The first kappa shape index (κ1) is 14.3. The van der Waals surface area contributed by atoms with Crippen molar-refractivity contribution < 1.29 is 9.90 Å². The second-order valence-electron chi connectivity index (χ2n) is 3.97. The summed E-state index contributed by atoms with van der Waals surface area (Å²) in [5.74, 6) is 0.213. The van der Waals surface area contributed by atoms with Crippen molar-refractivity contribution in [2.75, 3.05) is 18.6 Å². The van der Waals surface area contributed by atoms with Crippen molar-refractivity contribution in [1.29, 1.82) is 0 Å². The van der Waals surface area contributed by atoms with Gasteiger partial charge in [0.2, 0.25) is 0 Å². The molecule has 0 fully saturated rings. The quantitative estimate of drug-likeness (QED) is 0.856. The fourth-order valence-corrected chi connectivity index (χ4v) is 2.14. The van der Waals surface area contributed by atoms with Crippen LogP contribution in [-0.4, -0.2) is 40.2 Å². The lowest BCUT2D eigenvalue weighted by Gasteiger charge is -2.22. The Balaban J connectivity index is 2.56. The Labute approximate surface area is 110 Å². The Hall–Kier alpha value is -0.780. The molecule has 0 bridgehead atoms. The van der Waals surface area contributed by atoms with Crippen LogP contribution in [-0.2, 0) is 0 Å². The van der Waals surface area contributed by atoms with Gasteiger partial charge in [-0.25, -0.2) is 0 Å². The number of thioether (sulfide) groups is 1. The van der Waals surface area contributed by atoms with E-state index in [1.165, 1.54) is 24.0 Å². The smallest absolute Gasteiger partial charge is 0.270 e. The molecule has 0 aliphatic rings. The molecule has 0 saturated heterocycles. The van der Waals surface area contributed by atoms with Crippen LogP contribution in [0.3, 0.4) is 0 Å². The number of hydrogen-bond donors (Lipinski definition) is 2. The van der Waals surface area contributed by atoms with E-state index in [-0.39, 0.29) is 18.1 Å². The molecule has 0 radical (unpaired) electrons. The number of amides is 1. The van der Waals surface area contributed by atoms with Crippen molar-refractivity contribution in [3.8, 4) is 0 Å². The summed E-state index contributed by atoms with van der Waals surface area (Å²) in [5, 5.41) is 13.0. The molecule has 17 heavy (non-hydrogen) atoms. The number of carbonyl (C=O) groups is 1. The Morgan fingerprint density at radius 1 is 1.71 bits per heavy atom. The highest BCUT2D eigenvalue weighted by molar-refractivity contribution is 7.98. The van der Waals surface area contributed by atoms with E-state index in [2.05, 4.69) is 10.3 Å². The third kappa shape index (κ3) is 4.93. The minimum atomic E-state index is -0.923. The van der Waals surface area contributed by atoms with Crippen LogP contribution in [0.4, 0.5) is 0 Å². The molecule has 94 valence electrons. The van der Waals surface area contributed by atoms with Gasteiger partial charge in [0.25, 0.3) is 5.91 Å². The lowest BCUT2D eigenvalue weighted by atomic mass is 10.1. The van der Waals surface area contributed by atoms with E-state index in [1.54, 1.807) is 13.0 Å². The predicted octanol–water partition coefficient (Wildman–Crippen LogP) is 1.58. The van der Waals surface area contributed by atoms with Gasteiger partial charge < -0.3 is 10.4 Å². The Morgan fingerprint density at radius 3 is 3.00 bits per heavy atom. The summed E-state index contributed by atoms with van der Waals surface area (Å²) in [4.78, 5) is 15.6. The van der Waals surface area contributed by atoms with E-state index < -0.39 is 5.60 Å². The van der Waals surface area contributed by atoms with Crippen molar-refractivity contribution >= 4 is 29.3 Å². The highest BCUT2D eigenvalue weighted by Crippen LogP contribution is 2.10. The molecular formula is C11H15ClN2O2S. The summed E-state index contributed by atoms with van der Waals surface area (Å²) < 4.78 is 0. The number of aromatic nitrogens is 1. The summed E-state index contributed by atoms with van der Waals surface area (Å²) >= 11 is 7.28. The topological polar surface area (TPSA) is 62.2 Å². The number of halogens is 1. The maximum atomic E-state index is 11.7. The Bertz CT molecular complexity index is 399. The highest BCUT2D eigenvalue weighted by Gasteiger charge is 2.21. The number of nitrogens with one attached hydrogen (secondary N) is 1. The van der Waals surface area contributed by atoms with Crippen LogP contribution < -0.4 is 5.32 Å². The number of nitrogens with zero attached hydrogens (tertiary/aromatic N) is 1. The van der Waals surface area contributed by atoms with E-state index in [1.807, 2.05) is 6.26 Å². The van der Waals surface area contributed by atoms with Gasteiger partial charge in [-0.05, 0) is 25.3 Å². The monoisotopic (exact) mass is 274 g/mol. The molecule has 1 rings (SSSR count). The molecule has 1 atom stereocenters. The minimum absolute atomic E-state index is 0.181. The molecule has 1 unspecified atom stereocenters. The summed E-state index contributed by atoms with van der Waals surface area (Å²) in [7, 11) is 0. The number of rotatable bonds is 5. The van der Waals surface area contributed by atoms with Crippen molar-refractivity contribution in [1.82, 2.24) is 10.3 Å². The van der Waals surface area contributed by atoms with Gasteiger partial charge >= 0.3 is 0 Å². The molecule has 4 nitrogen and oxygen atoms in total. The Kier molecular flexibility index (Phi) is 5.24. The van der Waals surface area contributed by atoms with Crippen LogP contribution in [0, 0.1) is 0 Å². The fourth-order valence-electron chi connectivity index (χ4n) is 1.25. The molecule has 0 aliphatic carbocycles. The minimum Gasteiger partial charge on any atom is -0.387 e. The first-order chi connectivity index (χ1) is 7.94. The third-order valence-corrected chi connectivity index (χ3v) is 3.19. The van der Waals surface area contributed by atoms with Gasteiger partial charge in [-0.3, -0.25) is 9.78 Å². The molecule has 0 saturated carbocycles. The molecule has 1 aromatic heterocycles. The largest absolute Gasteiger partial charge is 0.387 e. The summed E-state index contributed by atoms with van der Waals surface area (Å²) in [6, 6.07) is 3.09. The standard InChI is InChI=1S/C11H15ClN2O2S/c1-11(16,7-17-2)6-14-10(15)9-5-8(12)3-4-13-9/h3-5,16H,6-7H2,1-2H3,(H,14,15). The molecule has 2 N–H and O–H groups in total. The first-order valence-corrected chi connectivity index (χ1v) is 6.83. The molecular weight excluding hydrogens is 260 g/mol. The lowest BCUT2D eigenvalue weighted by Crippen LogP contribution is -2.42. The van der Waals surface area contributed by atoms with Gasteiger partial charge in [0.15, 0.2) is 0 Å². The van der Waals surface area contributed by atoms with Crippen LogP contribution in [0.25, 0.3) is 0 Å². The summed E-state index contributed by atoms with van der Waals surface area (Å²) in [6.45, 7) is 1.86. The second-order valence-corrected chi connectivity index (χ2v) is 5.27. The van der Waals surface area contributed by atoms with Crippen LogP contribution >= 0.6 is 23.4 Å². The van der Waals surface area contributed by atoms with Crippen molar-refractivity contribution in [3.63, 3.8) is 0 Å². The highest BCUT2D eigenvalue weighted by atomic mass is 35.5. The van der Waals surface area contributed by atoms with Crippen molar-refractivity contribution in [2.45, 2.75) is 12.5 Å². The molecule has 1 heterocycles. The van der Waals surface area contributed by atoms with Crippen LogP contribution in [0.2, 0.25) is 5.02 Å². The van der Waals surface area contributed by atoms with Crippen LogP contribution in [0.15, 0.2) is 18.3 Å². The number of aliphatic hydroxyl groups is 1. The number of pyridine rings is 1. The number of carbonyl (C=O) groups excluding carboxylic acids is 1. The molecule has 1 amide bonds. The third-order valence-electron chi connectivity index (χ3n) is 2.04. The summed E-state index contributed by atoms with van der Waals surface area (Å²) in [5.41, 5.74) is -0.675. The molecule has 6 heteroatoms. The first-order valence-electron chi connectivity index (χ1n) is 5.06. The van der Waals surface area contributed by atoms with Gasteiger partial charge in [0.05, 0.1) is 5.60 Å². The van der Waals surface area contributed by atoms with Gasteiger partial charge in [-0.15, -0.1) is 0 Å². The molecule has 1 aromatic rings. The SMILES string of the molecule is CSCC(C)(O)CNC(=O)c1cc(Cl)ccn1. The van der Waals surface area contributed by atoms with Gasteiger partial charge in [0, 0.05) is 23.5 Å². The lowest BCUT2D eigenvalue weighted by molar-refractivity contribution is 0.0722. The van der Waals surface area contributed by atoms with Crippen molar-refractivity contribution in [2.24, 2.45) is 0 Å². The number of hydrogen-bond acceptors (Lipinski definition) is 4. The van der Waals surface area contributed by atoms with E-state index in [9.17, 15) is 9.90 Å². The Morgan fingerprint density at radius 2 is 2.41 bits per heavy atom. The van der Waals surface area contributed by atoms with E-state index in [0.29, 0.717) is 10.8 Å². The predicted molar refractivity (Wildman–Crippen MR) is 70.6 cm³/mol. The molecule has 0 spiro atoms.